The van der Waals surface area contributed by atoms with Gasteiger partial charge in [0.05, 0.1) is 12.9 Å². The van der Waals surface area contributed by atoms with Gasteiger partial charge in [-0.25, -0.2) is 9.97 Å². The standard InChI is InChI=1S/C22H19N3O/c1-2-5-16(6-3-1)11-17-8-9-21-18(12-17)13-19(26-21)14-25-15-24-20-7-4-10-23-22(20)25/h1-10,12,15,19H,11,13-14H2. The number of imidazole rings is 1. The summed E-state index contributed by atoms with van der Waals surface area (Å²) in [5.74, 6) is 1.00. The number of pyridine rings is 1. The summed E-state index contributed by atoms with van der Waals surface area (Å²) in [4.78, 5) is 8.85. The second-order valence-electron chi connectivity index (χ2n) is 6.79. The van der Waals surface area contributed by atoms with Crippen LogP contribution in [-0.4, -0.2) is 20.6 Å². The van der Waals surface area contributed by atoms with Crippen LogP contribution in [0.4, 0.5) is 0 Å². The Hall–Kier alpha value is -3.14. The molecular formula is C22H19N3O. The Morgan fingerprint density at radius 3 is 2.81 bits per heavy atom. The van der Waals surface area contributed by atoms with Gasteiger partial charge in [-0.15, -0.1) is 0 Å². The SMILES string of the molecule is c1ccc(Cc2ccc3c(c2)CC(Cn2cnc4cccnc42)O3)cc1. The lowest BCUT2D eigenvalue weighted by Gasteiger charge is -2.11. The smallest absolute Gasteiger partial charge is 0.159 e. The Labute approximate surface area is 152 Å². The van der Waals surface area contributed by atoms with Gasteiger partial charge in [0.25, 0.3) is 0 Å². The van der Waals surface area contributed by atoms with E-state index < -0.39 is 0 Å². The Balaban J connectivity index is 1.33. The van der Waals surface area contributed by atoms with Gasteiger partial charge in [0.1, 0.15) is 17.4 Å². The van der Waals surface area contributed by atoms with Crippen LogP contribution in [0, 0.1) is 0 Å². The van der Waals surface area contributed by atoms with Gasteiger partial charge in [-0.05, 0) is 41.3 Å². The zero-order chi connectivity index (χ0) is 17.3. The molecule has 0 spiro atoms. The van der Waals surface area contributed by atoms with E-state index in [0.29, 0.717) is 0 Å². The van der Waals surface area contributed by atoms with E-state index in [0.717, 1.165) is 36.3 Å². The minimum absolute atomic E-state index is 0.122. The molecule has 0 N–H and O–H groups in total. The highest BCUT2D eigenvalue weighted by Crippen LogP contribution is 2.31. The molecule has 0 saturated heterocycles. The van der Waals surface area contributed by atoms with Crippen molar-refractivity contribution in [3.8, 4) is 5.75 Å². The van der Waals surface area contributed by atoms with Crippen molar-refractivity contribution in [1.82, 2.24) is 14.5 Å². The molecule has 0 radical (unpaired) electrons. The Morgan fingerprint density at radius 1 is 0.962 bits per heavy atom. The van der Waals surface area contributed by atoms with Crippen molar-refractivity contribution in [2.45, 2.75) is 25.5 Å². The largest absolute Gasteiger partial charge is 0.488 e. The molecule has 0 saturated carbocycles. The molecule has 1 aliphatic heterocycles. The molecule has 2 aromatic carbocycles. The Bertz CT molecular complexity index is 1060. The highest BCUT2D eigenvalue weighted by molar-refractivity contribution is 5.70. The van der Waals surface area contributed by atoms with Crippen LogP contribution in [-0.2, 0) is 19.4 Å². The van der Waals surface area contributed by atoms with Gasteiger partial charge in [0.15, 0.2) is 5.65 Å². The molecule has 2 aromatic heterocycles. The highest BCUT2D eigenvalue weighted by Gasteiger charge is 2.24. The maximum absolute atomic E-state index is 6.16. The molecule has 1 atom stereocenters. The average molecular weight is 341 g/mol. The number of ether oxygens (including phenoxy) is 1. The Kier molecular flexibility index (Phi) is 3.67. The van der Waals surface area contributed by atoms with Crippen LogP contribution in [0.2, 0.25) is 0 Å². The quantitative estimate of drug-likeness (QED) is 0.563. The van der Waals surface area contributed by atoms with E-state index in [1.165, 1.54) is 16.7 Å². The summed E-state index contributed by atoms with van der Waals surface area (Å²) in [7, 11) is 0. The molecule has 5 rings (SSSR count). The number of hydrogen-bond acceptors (Lipinski definition) is 3. The van der Waals surface area contributed by atoms with Gasteiger partial charge in [0.2, 0.25) is 0 Å². The van der Waals surface area contributed by atoms with Crippen molar-refractivity contribution in [3.63, 3.8) is 0 Å². The third-order valence-corrected chi connectivity index (χ3v) is 4.89. The third kappa shape index (κ3) is 2.84. The van der Waals surface area contributed by atoms with Gasteiger partial charge >= 0.3 is 0 Å². The zero-order valence-corrected chi connectivity index (χ0v) is 14.4. The molecule has 0 bridgehead atoms. The monoisotopic (exact) mass is 341 g/mol. The molecule has 1 aliphatic rings. The van der Waals surface area contributed by atoms with Crippen molar-refractivity contribution in [2.24, 2.45) is 0 Å². The third-order valence-electron chi connectivity index (χ3n) is 4.89. The number of rotatable bonds is 4. The predicted octanol–water partition coefficient (Wildman–Crippen LogP) is 4.03. The minimum atomic E-state index is 0.122. The molecule has 0 aliphatic carbocycles. The van der Waals surface area contributed by atoms with Crippen molar-refractivity contribution in [1.29, 1.82) is 0 Å². The van der Waals surface area contributed by atoms with Gasteiger partial charge in [-0.2, -0.15) is 0 Å². The Morgan fingerprint density at radius 2 is 1.88 bits per heavy atom. The van der Waals surface area contributed by atoms with Crippen molar-refractivity contribution < 1.29 is 4.74 Å². The van der Waals surface area contributed by atoms with E-state index in [9.17, 15) is 0 Å². The van der Waals surface area contributed by atoms with Crippen molar-refractivity contribution in [2.75, 3.05) is 0 Å². The van der Waals surface area contributed by atoms with E-state index in [4.69, 9.17) is 4.74 Å². The topological polar surface area (TPSA) is 39.9 Å². The zero-order valence-electron chi connectivity index (χ0n) is 14.4. The predicted molar refractivity (Wildman–Crippen MR) is 101 cm³/mol. The van der Waals surface area contributed by atoms with Gasteiger partial charge in [-0.1, -0.05) is 42.5 Å². The van der Waals surface area contributed by atoms with E-state index in [1.807, 2.05) is 18.5 Å². The van der Waals surface area contributed by atoms with E-state index in [1.54, 1.807) is 6.20 Å². The number of aromatic nitrogens is 3. The maximum atomic E-state index is 6.16. The molecule has 0 fully saturated rings. The summed E-state index contributed by atoms with van der Waals surface area (Å²) >= 11 is 0. The van der Waals surface area contributed by atoms with E-state index in [2.05, 4.69) is 63.1 Å². The fourth-order valence-electron chi connectivity index (χ4n) is 3.67. The molecule has 1 unspecified atom stereocenters. The molecule has 26 heavy (non-hydrogen) atoms. The molecule has 4 aromatic rings. The second-order valence-corrected chi connectivity index (χ2v) is 6.79. The number of nitrogens with zero attached hydrogens (tertiary/aromatic N) is 3. The van der Waals surface area contributed by atoms with Crippen molar-refractivity contribution in [3.05, 3.63) is 89.9 Å². The summed E-state index contributed by atoms with van der Waals surface area (Å²) in [6.07, 6.45) is 5.65. The average Bonchev–Trinajstić information content (AvgIpc) is 3.26. The van der Waals surface area contributed by atoms with E-state index in [-0.39, 0.29) is 6.10 Å². The summed E-state index contributed by atoms with van der Waals surface area (Å²) in [5.41, 5.74) is 5.79. The first kappa shape index (κ1) is 15.1. The lowest BCUT2D eigenvalue weighted by molar-refractivity contribution is 0.210. The lowest BCUT2D eigenvalue weighted by atomic mass is 10.0. The summed E-state index contributed by atoms with van der Waals surface area (Å²) in [6, 6.07) is 21.0. The van der Waals surface area contributed by atoms with E-state index >= 15 is 0 Å². The minimum Gasteiger partial charge on any atom is -0.488 e. The van der Waals surface area contributed by atoms with Crippen LogP contribution in [0.5, 0.6) is 5.75 Å². The molecule has 3 heterocycles. The van der Waals surface area contributed by atoms with Gasteiger partial charge in [-0.3, -0.25) is 0 Å². The van der Waals surface area contributed by atoms with Crippen LogP contribution in [0.1, 0.15) is 16.7 Å². The van der Waals surface area contributed by atoms with Crippen LogP contribution >= 0.6 is 0 Å². The first-order valence-electron chi connectivity index (χ1n) is 8.93. The first-order valence-corrected chi connectivity index (χ1v) is 8.93. The normalized spacial score (nSPS) is 15.8. The second kappa shape index (κ2) is 6.30. The summed E-state index contributed by atoms with van der Waals surface area (Å²) < 4.78 is 8.24. The van der Waals surface area contributed by atoms with Crippen molar-refractivity contribution >= 4 is 11.2 Å². The lowest BCUT2D eigenvalue weighted by Crippen LogP contribution is -2.20. The molecule has 0 amide bonds. The van der Waals surface area contributed by atoms with Gasteiger partial charge in [0, 0.05) is 12.6 Å². The van der Waals surface area contributed by atoms with Gasteiger partial charge < -0.3 is 9.30 Å². The number of hydrogen-bond donors (Lipinski definition) is 0. The molecule has 128 valence electrons. The van der Waals surface area contributed by atoms with Crippen LogP contribution in [0.3, 0.4) is 0 Å². The van der Waals surface area contributed by atoms with Crippen LogP contribution < -0.4 is 4.74 Å². The maximum Gasteiger partial charge on any atom is 0.159 e. The molecule has 4 heteroatoms. The highest BCUT2D eigenvalue weighted by atomic mass is 16.5. The number of benzene rings is 2. The van der Waals surface area contributed by atoms with Crippen LogP contribution in [0.25, 0.3) is 11.2 Å². The number of fused-ring (bicyclic) bond motifs is 2. The summed E-state index contributed by atoms with van der Waals surface area (Å²) in [5, 5.41) is 0. The van der Waals surface area contributed by atoms with Crippen LogP contribution in [0.15, 0.2) is 73.2 Å². The molecular weight excluding hydrogens is 322 g/mol. The fraction of sp³-hybridized carbons (Fsp3) is 0.182. The summed E-state index contributed by atoms with van der Waals surface area (Å²) in [6.45, 7) is 0.760. The first-order chi connectivity index (χ1) is 12.8. The fourth-order valence-corrected chi connectivity index (χ4v) is 3.67. The molecule has 4 nitrogen and oxygen atoms in total.